The van der Waals surface area contributed by atoms with Crippen LogP contribution in [0.25, 0.3) is 0 Å². The zero-order valence-electron chi connectivity index (χ0n) is 9.99. The van der Waals surface area contributed by atoms with E-state index in [1.807, 2.05) is 22.6 Å². The summed E-state index contributed by atoms with van der Waals surface area (Å²) in [5.41, 5.74) is -0.341. The third kappa shape index (κ3) is 3.57. The van der Waals surface area contributed by atoms with E-state index in [1.165, 1.54) is 6.07 Å². The highest BCUT2D eigenvalue weighted by molar-refractivity contribution is 14.1. The predicted octanol–water partition coefficient (Wildman–Crippen LogP) is 1.89. The average molecular weight is 349 g/mol. The predicted molar refractivity (Wildman–Crippen MR) is 74.0 cm³/mol. The second kappa shape index (κ2) is 5.22. The summed E-state index contributed by atoms with van der Waals surface area (Å²) in [7, 11) is 0. The molecule has 0 heterocycles. The van der Waals surface area contributed by atoms with Gasteiger partial charge in [-0.25, -0.2) is 0 Å². The lowest BCUT2D eigenvalue weighted by Gasteiger charge is -2.29. The summed E-state index contributed by atoms with van der Waals surface area (Å²) in [5, 5.41) is 21.7. The molecule has 0 fully saturated rings. The third-order valence-electron chi connectivity index (χ3n) is 2.69. The van der Waals surface area contributed by atoms with Crippen LogP contribution in [0.2, 0.25) is 0 Å². The van der Waals surface area contributed by atoms with Gasteiger partial charge in [-0.15, -0.1) is 0 Å². The summed E-state index contributed by atoms with van der Waals surface area (Å²) in [4.78, 5) is 11.9. The molecule has 0 saturated heterocycles. The molecule has 4 nitrogen and oxygen atoms in total. The fourth-order valence-corrected chi connectivity index (χ4v) is 1.46. The minimum atomic E-state index is -0.713. The SMILES string of the molecule is CC(O)C(C)(C)NC(=O)c1ccc(I)c(O)c1. The average Bonchev–Trinajstić information content (AvgIpc) is 2.21. The molecule has 1 aromatic carbocycles. The highest BCUT2D eigenvalue weighted by Gasteiger charge is 2.26. The third-order valence-corrected chi connectivity index (χ3v) is 3.60. The van der Waals surface area contributed by atoms with Crippen LogP contribution in [0.4, 0.5) is 0 Å². The first-order valence-corrected chi connectivity index (χ1v) is 6.31. The van der Waals surface area contributed by atoms with Gasteiger partial charge in [0.05, 0.1) is 15.2 Å². The van der Waals surface area contributed by atoms with E-state index >= 15 is 0 Å². The van der Waals surface area contributed by atoms with E-state index < -0.39 is 11.6 Å². The first-order chi connectivity index (χ1) is 7.74. The number of hydrogen-bond donors (Lipinski definition) is 3. The smallest absolute Gasteiger partial charge is 0.251 e. The van der Waals surface area contributed by atoms with Crippen LogP contribution in [0.5, 0.6) is 5.75 Å². The molecular weight excluding hydrogens is 333 g/mol. The lowest BCUT2D eigenvalue weighted by molar-refractivity contribution is 0.0709. The topological polar surface area (TPSA) is 69.6 Å². The number of carbonyl (C=O) groups excluding carboxylic acids is 1. The molecule has 3 N–H and O–H groups in total. The number of benzene rings is 1. The standard InChI is InChI=1S/C12H16INO3/c1-7(15)12(2,3)14-11(17)8-4-5-9(13)10(16)6-8/h4-7,15-16H,1-3H3,(H,14,17). The van der Waals surface area contributed by atoms with E-state index in [4.69, 9.17) is 0 Å². The molecule has 0 aliphatic heterocycles. The largest absolute Gasteiger partial charge is 0.507 e. The zero-order chi connectivity index (χ0) is 13.2. The first kappa shape index (κ1) is 14.2. The van der Waals surface area contributed by atoms with E-state index in [0.29, 0.717) is 9.13 Å². The number of phenolic OH excluding ortho intramolecular Hbond substituents is 1. The Hall–Kier alpha value is -0.820. The molecule has 0 aliphatic carbocycles. The van der Waals surface area contributed by atoms with Crippen LogP contribution in [0.15, 0.2) is 18.2 Å². The molecule has 1 rings (SSSR count). The van der Waals surface area contributed by atoms with E-state index in [-0.39, 0.29) is 11.7 Å². The second-order valence-corrected chi connectivity index (χ2v) is 5.68. The molecule has 0 saturated carbocycles. The molecule has 0 aromatic heterocycles. The molecule has 0 aliphatic rings. The van der Waals surface area contributed by atoms with Gasteiger partial charge < -0.3 is 15.5 Å². The number of halogens is 1. The van der Waals surface area contributed by atoms with Crippen molar-refractivity contribution in [2.75, 3.05) is 0 Å². The number of aliphatic hydroxyl groups is 1. The maximum Gasteiger partial charge on any atom is 0.251 e. The van der Waals surface area contributed by atoms with Crippen molar-refractivity contribution in [3.63, 3.8) is 0 Å². The van der Waals surface area contributed by atoms with Crippen molar-refractivity contribution in [1.82, 2.24) is 5.32 Å². The van der Waals surface area contributed by atoms with E-state index in [1.54, 1.807) is 32.9 Å². The van der Waals surface area contributed by atoms with Crippen LogP contribution in [0.3, 0.4) is 0 Å². The van der Waals surface area contributed by atoms with Crippen molar-refractivity contribution in [2.45, 2.75) is 32.4 Å². The molecule has 17 heavy (non-hydrogen) atoms. The highest BCUT2D eigenvalue weighted by atomic mass is 127. The lowest BCUT2D eigenvalue weighted by Crippen LogP contribution is -2.50. The van der Waals surface area contributed by atoms with Gasteiger partial charge in [-0.2, -0.15) is 0 Å². The molecule has 5 heteroatoms. The van der Waals surface area contributed by atoms with Crippen molar-refractivity contribution in [1.29, 1.82) is 0 Å². The van der Waals surface area contributed by atoms with Crippen LogP contribution >= 0.6 is 22.6 Å². The van der Waals surface area contributed by atoms with E-state index in [0.717, 1.165) is 0 Å². The fourth-order valence-electron chi connectivity index (χ4n) is 1.12. The molecule has 0 spiro atoms. The van der Waals surface area contributed by atoms with Gasteiger partial charge >= 0.3 is 0 Å². The number of aromatic hydroxyl groups is 1. The van der Waals surface area contributed by atoms with Gasteiger partial charge in [0.1, 0.15) is 5.75 Å². The molecule has 1 amide bonds. The number of phenols is 1. The number of rotatable bonds is 3. The van der Waals surface area contributed by atoms with Crippen LogP contribution in [0, 0.1) is 3.57 Å². The number of aliphatic hydroxyl groups excluding tert-OH is 1. The van der Waals surface area contributed by atoms with Crippen LogP contribution in [-0.2, 0) is 0 Å². The van der Waals surface area contributed by atoms with Crippen molar-refractivity contribution in [3.8, 4) is 5.75 Å². The van der Waals surface area contributed by atoms with Gasteiger partial charge in [0.25, 0.3) is 5.91 Å². The summed E-state index contributed by atoms with van der Waals surface area (Å²) in [6.45, 7) is 5.09. The van der Waals surface area contributed by atoms with E-state index in [9.17, 15) is 15.0 Å². The summed E-state index contributed by atoms with van der Waals surface area (Å²) in [6.07, 6.45) is -0.663. The van der Waals surface area contributed by atoms with Gasteiger partial charge in [0.15, 0.2) is 0 Å². The van der Waals surface area contributed by atoms with Gasteiger partial charge in [-0.1, -0.05) is 0 Å². The summed E-state index contributed by atoms with van der Waals surface area (Å²) in [5.74, 6) is -0.240. The van der Waals surface area contributed by atoms with Crippen molar-refractivity contribution in [3.05, 3.63) is 27.3 Å². The fraction of sp³-hybridized carbons (Fsp3) is 0.417. The Balaban J connectivity index is 2.87. The molecular formula is C12H16INO3. The number of hydrogen-bond acceptors (Lipinski definition) is 3. The maximum absolute atomic E-state index is 11.9. The van der Waals surface area contributed by atoms with E-state index in [2.05, 4.69) is 5.32 Å². The summed E-state index contributed by atoms with van der Waals surface area (Å²) in [6, 6.07) is 4.71. The van der Waals surface area contributed by atoms with Crippen LogP contribution in [-0.4, -0.2) is 27.8 Å². The monoisotopic (exact) mass is 349 g/mol. The Morgan fingerprint density at radius 2 is 2.06 bits per heavy atom. The van der Waals surface area contributed by atoms with Crippen LogP contribution in [0.1, 0.15) is 31.1 Å². The Kier molecular flexibility index (Phi) is 4.37. The normalized spacial score (nSPS) is 13.2. The van der Waals surface area contributed by atoms with Crippen molar-refractivity contribution >= 4 is 28.5 Å². The van der Waals surface area contributed by atoms with Crippen molar-refractivity contribution in [2.24, 2.45) is 0 Å². The quantitative estimate of drug-likeness (QED) is 0.730. The molecule has 0 bridgehead atoms. The Morgan fingerprint density at radius 1 is 1.47 bits per heavy atom. The zero-order valence-corrected chi connectivity index (χ0v) is 12.1. The molecule has 94 valence electrons. The summed E-state index contributed by atoms with van der Waals surface area (Å²) >= 11 is 1.98. The van der Waals surface area contributed by atoms with Gasteiger partial charge in [0, 0.05) is 5.56 Å². The highest BCUT2D eigenvalue weighted by Crippen LogP contribution is 2.21. The minimum absolute atomic E-state index is 0.0769. The number of amides is 1. The van der Waals surface area contributed by atoms with Gasteiger partial charge in [-0.3, -0.25) is 4.79 Å². The Morgan fingerprint density at radius 3 is 2.53 bits per heavy atom. The number of carbonyl (C=O) groups is 1. The van der Waals surface area contributed by atoms with Gasteiger partial charge in [0.2, 0.25) is 0 Å². The minimum Gasteiger partial charge on any atom is -0.507 e. The lowest BCUT2D eigenvalue weighted by atomic mass is 9.98. The first-order valence-electron chi connectivity index (χ1n) is 5.23. The van der Waals surface area contributed by atoms with Gasteiger partial charge in [-0.05, 0) is 61.6 Å². The number of nitrogens with one attached hydrogen (secondary N) is 1. The molecule has 0 radical (unpaired) electrons. The maximum atomic E-state index is 11.9. The van der Waals surface area contributed by atoms with Crippen molar-refractivity contribution < 1.29 is 15.0 Å². The molecule has 1 aromatic rings. The molecule has 1 unspecified atom stereocenters. The Bertz CT molecular complexity index is 430. The second-order valence-electron chi connectivity index (χ2n) is 4.52. The van der Waals surface area contributed by atoms with Crippen LogP contribution < -0.4 is 5.32 Å². The Labute approximate surface area is 114 Å². The summed E-state index contributed by atoms with van der Waals surface area (Å²) < 4.78 is 0.689. The molecule has 1 atom stereocenters.